The largest absolute Gasteiger partial charge is 0.421 e. The second kappa shape index (κ2) is 7.44. The molecule has 1 aliphatic carbocycles. The first kappa shape index (κ1) is 20.2. The lowest BCUT2D eigenvalue weighted by molar-refractivity contribution is 0.0979. The summed E-state index contributed by atoms with van der Waals surface area (Å²) in [6.45, 7) is 0. The van der Waals surface area contributed by atoms with Gasteiger partial charge in [-0.15, -0.1) is 0 Å². The van der Waals surface area contributed by atoms with Crippen molar-refractivity contribution in [2.75, 3.05) is 5.32 Å². The standard InChI is InChI=1S/C24H11Cl2NO5/c25-12-7-11-8-18(24(31)32-22(11)19(26)9-12)23(30)27-13-5-6-16-17(10-13)21(29)15-4-2-1-3-14(15)20(16)28/h1-10H,(H,27,30). The minimum Gasteiger partial charge on any atom is -0.421 e. The third-order valence-corrected chi connectivity index (χ3v) is 5.68. The van der Waals surface area contributed by atoms with Crippen molar-refractivity contribution in [2.24, 2.45) is 0 Å². The molecule has 1 heterocycles. The SMILES string of the molecule is O=C1c2ccccc2C(=O)c2cc(NC(=O)c3cc4cc(Cl)cc(Cl)c4oc3=O)ccc21. The van der Waals surface area contributed by atoms with Crippen molar-refractivity contribution in [2.45, 2.75) is 0 Å². The Morgan fingerprint density at radius 2 is 1.44 bits per heavy atom. The lowest BCUT2D eigenvalue weighted by atomic mass is 9.84. The maximum absolute atomic E-state index is 12.9. The number of ketones is 2. The summed E-state index contributed by atoms with van der Waals surface area (Å²) in [6.07, 6.45) is 0. The smallest absolute Gasteiger partial charge is 0.349 e. The molecular weight excluding hydrogens is 453 g/mol. The molecular formula is C24H11Cl2NO5. The van der Waals surface area contributed by atoms with Crippen molar-refractivity contribution in [3.63, 3.8) is 0 Å². The Bertz CT molecular complexity index is 1550. The molecule has 0 saturated carbocycles. The molecule has 0 radical (unpaired) electrons. The van der Waals surface area contributed by atoms with Crippen LogP contribution in [0.15, 0.2) is 69.9 Å². The van der Waals surface area contributed by atoms with Gasteiger partial charge in [0.25, 0.3) is 5.91 Å². The fourth-order valence-electron chi connectivity index (χ4n) is 3.69. The van der Waals surface area contributed by atoms with E-state index in [1.807, 2.05) is 0 Å². The molecule has 0 aliphatic heterocycles. The van der Waals surface area contributed by atoms with Crippen molar-refractivity contribution in [3.8, 4) is 0 Å². The molecule has 0 fully saturated rings. The molecule has 1 aliphatic rings. The summed E-state index contributed by atoms with van der Waals surface area (Å²) in [7, 11) is 0. The molecule has 0 spiro atoms. The number of halogens is 2. The highest BCUT2D eigenvalue weighted by molar-refractivity contribution is 6.38. The minimum atomic E-state index is -0.877. The van der Waals surface area contributed by atoms with Crippen LogP contribution in [0.25, 0.3) is 11.0 Å². The van der Waals surface area contributed by atoms with Gasteiger partial charge in [0.05, 0.1) is 5.02 Å². The first-order chi connectivity index (χ1) is 15.3. The Hall–Kier alpha value is -3.74. The van der Waals surface area contributed by atoms with E-state index < -0.39 is 11.5 Å². The topological polar surface area (TPSA) is 93.4 Å². The van der Waals surface area contributed by atoms with Gasteiger partial charge in [-0.05, 0) is 36.4 Å². The Morgan fingerprint density at radius 1 is 0.781 bits per heavy atom. The number of hydrogen-bond acceptors (Lipinski definition) is 5. The van der Waals surface area contributed by atoms with Crippen LogP contribution in [0.4, 0.5) is 5.69 Å². The maximum atomic E-state index is 12.9. The summed E-state index contributed by atoms with van der Waals surface area (Å²) in [4.78, 5) is 50.7. The van der Waals surface area contributed by atoms with E-state index in [1.165, 1.54) is 36.4 Å². The Labute approximate surface area is 190 Å². The third-order valence-electron chi connectivity index (χ3n) is 5.18. The molecule has 4 aromatic rings. The van der Waals surface area contributed by atoms with Gasteiger partial charge in [-0.3, -0.25) is 14.4 Å². The molecule has 5 rings (SSSR count). The van der Waals surface area contributed by atoms with E-state index in [1.54, 1.807) is 24.3 Å². The predicted octanol–water partition coefficient (Wildman–Crippen LogP) is 5.13. The van der Waals surface area contributed by atoms with E-state index >= 15 is 0 Å². The first-order valence-corrected chi connectivity index (χ1v) is 10.2. The van der Waals surface area contributed by atoms with Gasteiger partial charge >= 0.3 is 5.63 Å². The lowest BCUT2D eigenvalue weighted by Gasteiger charge is -2.18. The van der Waals surface area contributed by atoms with E-state index in [4.69, 9.17) is 27.6 Å². The van der Waals surface area contributed by atoms with Gasteiger partial charge in [0.1, 0.15) is 5.56 Å². The number of nitrogens with one attached hydrogen (secondary N) is 1. The number of benzene rings is 3. The average molecular weight is 464 g/mol. The van der Waals surface area contributed by atoms with Gasteiger partial charge in [0.2, 0.25) is 0 Å². The molecule has 0 unspecified atom stereocenters. The molecule has 1 amide bonds. The number of carbonyl (C=O) groups is 3. The van der Waals surface area contributed by atoms with Crippen LogP contribution in [0.5, 0.6) is 0 Å². The normalized spacial score (nSPS) is 12.4. The molecule has 1 N–H and O–H groups in total. The predicted molar refractivity (Wildman–Crippen MR) is 120 cm³/mol. The summed E-state index contributed by atoms with van der Waals surface area (Å²) in [5.41, 5.74) is 0.299. The number of amides is 1. The quantitative estimate of drug-likeness (QED) is 0.366. The summed E-state index contributed by atoms with van der Waals surface area (Å²) < 4.78 is 5.19. The van der Waals surface area contributed by atoms with Crippen LogP contribution >= 0.6 is 23.2 Å². The molecule has 8 heteroatoms. The zero-order valence-electron chi connectivity index (χ0n) is 16.1. The summed E-state index contributed by atoms with van der Waals surface area (Å²) in [5, 5.41) is 3.43. The average Bonchev–Trinajstić information content (AvgIpc) is 2.77. The molecule has 1 aromatic heterocycles. The molecule has 3 aromatic carbocycles. The van der Waals surface area contributed by atoms with Crippen LogP contribution < -0.4 is 10.9 Å². The zero-order chi connectivity index (χ0) is 22.6. The molecule has 32 heavy (non-hydrogen) atoms. The van der Waals surface area contributed by atoms with E-state index in [9.17, 15) is 19.2 Å². The number of hydrogen-bond donors (Lipinski definition) is 1. The van der Waals surface area contributed by atoms with Gasteiger partial charge in [0, 0.05) is 38.4 Å². The van der Waals surface area contributed by atoms with E-state index in [-0.39, 0.29) is 44.5 Å². The van der Waals surface area contributed by atoms with Gasteiger partial charge < -0.3 is 9.73 Å². The molecule has 0 saturated heterocycles. The molecule has 0 bridgehead atoms. The summed E-state index contributed by atoms with van der Waals surface area (Å²) in [5.74, 6) is -1.33. The van der Waals surface area contributed by atoms with E-state index in [2.05, 4.69) is 5.32 Å². The Kier molecular flexibility index (Phi) is 4.69. The second-order valence-corrected chi connectivity index (χ2v) is 8.02. The minimum absolute atomic E-state index is 0.120. The molecule has 156 valence electrons. The molecule has 0 atom stereocenters. The highest BCUT2D eigenvalue weighted by Gasteiger charge is 2.29. The van der Waals surface area contributed by atoms with Gasteiger partial charge in [-0.2, -0.15) is 0 Å². The number of anilines is 1. The second-order valence-electron chi connectivity index (χ2n) is 7.17. The monoisotopic (exact) mass is 463 g/mol. The fourth-order valence-corrected chi connectivity index (χ4v) is 4.24. The fraction of sp³-hybridized carbons (Fsp3) is 0. The van der Waals surface area contributed by atoms with Crippen LogP contribution in [0.2, 0.25) is 10.0 Å². The van der Waals surface area contributed by atoms with E-state index in [0.717, 1.165) is 0 Å². The van der Waals surface area contributed by atoms with Crippen molar-refractivity contribution in [3.05, 3.63) is 109 Å². The van der Waals surface area contributed by atoms with Gasteiger partial charge in [0.15, 0.2) is 17.1 Å². The van der Waals surface area contributed by atoms with Crippen LogP contribution in [0.3, 0.4) is 0 Å². The summed E-state index contributed by atoms with van der Waals surface area (Å²) >= 11 is 12.0. The van der Waals surface area contributed by atoms with Crippen molar-refractivity contribution in [1.29, 1.82) is 0 Å². The van der Waals surface area contributed by atoms with E-state index in [0.29, 0.717) is 21.5 Å². The number of carbonyl (C=O) groups excluding carboxylic acids is 3. The van der Waals surface area contributed by atoms with Crippen molar-refractivity contribution >= 4 is 57.3 Å². The van der Waals surface area contributed by atoms with Crippen molar-refractivity contribution in [1.82, 2.24) is 0 Å². The summed E-state index contributed by atoms with van der Waals surface area (Å²) in [6, 6.07) is 15.2. The van der Waals surface area contributed by atoms with Crippen LogP contribution in [0.1, 0.15) is 42.2 Å². The van der Waals surface area contributed by atoms with Gasteiger partial charge in [-0.25, -0.2) is 4.79 Å². The van der Waals surface area contributed by atoms with Gasteiger partial charge in [-0.1, -0.05) is 47.5 Å². The first-order valence-electron chi connectivity index (χ1n) is 9.40. The maximum Gasteiger partial charge on any atom is 0.349 e. The number of fused-ring (bicyclic) bond motifs is 3. The van der Waals surface area contributed by atoms with Crippen LogP contribution in [-0.4, -0.2) is 17.5 Å². The van der Waals surface area contributed by atoms with Crippen LogP contribution in [-0.2, 0) is 0 Å². The lowest BCUT2D eigenvalue weighted by Crippen LogP contribution is -2.23. The Balaban J connectivity index is 1.51. The van der Waals surface area contributed by atoms with Crippen LogP contribution in [0, 0.1) is 0 Å². The van der Waals surface area contributed by atoms with Crippen molar-refractivity contribution < 1.29 is 18.8 Å². The Morgan fingerprint density at radius 3 is 2.16 bits per heavy atom. The number of rotatable bonds is 2. The third kappa shape index (κ3) is 3.21. The highest BCUT2D eigenvalue weighted by atomic mass is 35.5. The zero-order valence-corrected chi connectivity index (χ0v) is 17.6. The molecule has 6 nitrogen and oxygen atoms in total. The highest BCUT2D eigenvalue weighted by Crippen LogP contribution is 2.30.